The molecule has 0 amide bonds. The number of aliphatic hydroxyl groups excluding tert-OH is 1. The molecule has 1 aromatic carbocycles. The zero-order valence-corrected chi connectivity index (χ0v) is 8.55. The molecular formula is C10H12O3S. The van der Waals surface area contributed by atoms with E-state index in [-0.39, 0.29) is 6.61 Å². The maximum atomic E-state index is 8.66. The lowest BCUT2D eigenvalue weighted by molar-refractivity contribution is 0.199. The smallest absolute Gasteiger partial charge is 0.182 e. The Morgan fingerprint density at radius 3 is 3.29 bits per heavy atom. The summed E-state index contributed by atoms with van der Waals surface area (Å²) in [5.74, 6) is 2.53. The number of hydrogen-bond donors (Lipinski definition) is 1. The van der Waals surface area contributed by atoms with Gasteiger partial charge in [-0.1, -0.05) is 12.1 Å². The van der Waals surface area contributed by atoms with Crippen LogP contribution >= 0.6 is 12.0 Å². The van der Waals surface area contributed by atoms with Crippen LogP contribution in [0, 0.1) is 0 Å². The third-order valence-corrected chi connectivity index (χ3v) is 2.66. The Labute approximate surface area is 87.2 Å². The van der Waals surface area contributed by atoms with Gasteiger partial charge in [-0.2, -0.15) is 0 Å². The van der Waals surface area contributed by atoms with Crippen LogP contribution in [0.2, 0.25) is 0 Å². The molecule has 0 aliphatic carbocycles. The van der Waals surface area contributed by atoms with E-state index in [1.54, 1.807) is 0 Å². The number of aryl methyl sites for hydroxylation is 1. The summed E-state index contributed by atoms with van der Waals surface area (Å²) in [5, 5.41) is 8.66. The van der Waals surface area contributed by atoms with Gasteiger partial charge in [-0.15, -0.1) is 0 Å². The lowest BCUT2D eigenvalue weighted by Gasteiger charge is -2.18. The van der Waals surface area contributed by atoms with Crippen molar-refractivity contribution in [3.63, 3.8) is 0 Å². The minimum atomic E-state index is 0.0246. The quantitative estimate of drug-likeness (QED) is 0.773. The Balaban J connectivity index is 2.21. The predicted molar refractivity (Wildman–Crippen MR) is 55.8 cm³/mol. The summed E-state index contributed by atoms with van der Waals surface area (Å²) in [7, 11) is 0. The molecule has 0 aromatic heterocycles. The van der Waals surface area contributed by atoms with Gasteiger partial charge in [-0.25, -0.2) is 0 Å². The molecular weight excluding hydrogens is 200 g/mol. The van der Waals surface area contributed by atoms with Gasteiger partial charge in [0.05, 0.1) is 18.6 Å². The second-order valence-electron chi connectivity index (χ2n) is 2.97. The summed E-state index contributed by atoms with van der Waals surface area (Å²) in [4.78, 5) is 0. The standard InChI is InChI=1S/C10H12O3S/c11-5-6-12-9-3-1-2-8-4-7-14-13-10(8)9/h1-3,11H,4-7H2. The Morgan fingerprint density at radius 2 is 2.43 bits per heavy atom. The molecule has 0 saturated heterocycles. The van der Waals surface area contributed by atoms with Crippen molar-refractivity contribution < 1.29 is 14.0 Å². The van der Waals surface area contributed by atoms with Gasteiger partial charge in [-0.05, 0) is 12.5 Å². The second kappa shape index (κ2) is 4.57. The van der Waals surface area contributed by atoms with Gasteiger partial charge in [-0.3, -0.25) is 0 Å². The van der Waals surface area contributed by atoms with Crippen LogP contribution in [0.1, 0.15) is 5.56 Å². The van der Waals surface area contributed by atoms with Crippen molar-refractivity contribution in [2.75, 3.05) is 19.0 Å². The highest BCUT2D eigenvalue weighted by Gasteiger charge is 2.15. The molecule has 14 heavy (non-hydrogen) atoms. The van der Waals surface area contributed by atoms with Gasteiger partial charge in [0.2, 0.25) is 0 Å². The number of benzene rings is 1. The molecule has 0 saturated carbocycles. The van der Waals surface area contributed by atoms with Crippen molar-refractivity contribution in [1.29, 1.82) is 0 Å². The Hall–Kier alpha value is -0.870. The first kappa shape index (κ1) is 9.68. The summed E-state index contributed by atoms with van der Waals surface area (Å²) < 4.78 is 10.8. The highest BCUT2D eigenvalue weighted by Crippen LogP contribution is 2.37. The molecule has 0 spiro atoms. The van der Waals surface area contributed by atoms with Crippen molar-refractivity contribution in [3.05, 3.63) is 23.8 Å². The van der Waals surface area contributed by atoms with Gasteiger partial charge in [0.1, 0.15) is 6.61 Å². The fourth-order valence-corrected chi connectivity index (χ4v) is 2.07. The number of para-hydroxylation sites is 1. The largest absolute Gasteiger partial charge is 0.487 e. The molecule has 4 heteroatoms. The van der Waals surface area contributed by atoms with Crippen LogP contribution in [-0.4, -0.2) is 24.1 Å². The van der Waals surface area contributed by atoms with Crippen LogP contribution in [0.25, 0.3) is 0 Å². The number of rotatable bonds is 3. The van der Waals surface area contributed by atoms with E-state index < -0.39 is 0 Å². The van der Waals surface area contributed by atoms with Crippen molar-refractivity contribution >= 4 is 12.0 Å². The van der Waals surface area contributed by atoms with Gasteiger partial charge < -0.3 is 14.0 Å². The van der Waals surface area contributed by atoms with E-state index >= 15 is 0 Å². The summed E-state index contributed by atoms with van der Waals surface area (Å²) in [6.07, 6.45) is 1.01. The minimum absolute atomic E-state index is 0.0246. The molecule has 0 bridgehead atoms. The van der Waals surface area contributed by atoms with E-state index in [9.17, 15) is 0 Å². The number of aliphatic hydroxyl groups is 1. The van der Waals surface area contributed by atoms with Crippen LogP contribution in [0.4, 0.5) is 0 Å². The minimum Gasteiger partial charge on any atom is -0.487 e. The molecule has 1 heterocycles. The van der Waals surface area contributed by atoms with E-state index in [0.717, 1.165) is 23.7 Å². The molecule has 76 valence electrons. The lowest BCUT2D eigenvalue weighted by atomic mass is 10.1. The van der Waals surface area contributed by atoms with Gasteiger partial charge >= 0.3 is 0 Å². The molecule has 1 aliphatic heterocycles. The van der Waals surface area contributed by atoms with E-state index in [2.05, 4.69) is 0 Å². The Kier molecular flexibility index (Phi) is 3.16. The molecule has 0 unspecified atom stereocenters. The van der Waals surface area contributed by atoms with Gasteiger partial charge in [0.15, 0.2) is 11.5 Å². The number of ether oxygens (including phenoxy) is 1. The SMILES string of the molecule is OCCOc1cccc2c1OSCC2. The molecule has 1 aliphatic rings. The molecule has 1 aromatic rings. The molecule has 0 atom stereocenters. The molecule has 1 N–H and O–H groups in total. The fourth-order valence-electron chi connectivity index (χ4n) is 1.37. The lowest BCUT2D eigenvalue weighted by Crippen LogP contribution is -2.07. The predicted octanol–water partition coefficient (Wildman–Crippen LogP) is 1.64. The molecule has 0 radical (unpaired) electrons. The molecule has 2 rings (SSSR count). The topological polar surface area (TPSA) is 38.7 Å². The number of hydrogen-bond acceptors (Lipinski definition) is 4. The summed E-state index contributed by atoms with van der Waals surface area (Å²) in [6, 6.07) is 5.85. The van der Waals surface area contributed by atoms with E-state index in [1.807, 2.05) is 18.2 Å². The van der Waals surface area contributed by atoms with E-state index in [4.69, 9.17) is 14.0 Å². The summed E-state index contributed by atoms with van der Waals surface area (Å²) >= 11 is 1.44. The van der Waals surface area contributed by atoms with Crippen LogP contribution in [0.5, 0.6) is 11.5 Å². The maximum Gasteiger partial charge on any atom is 0.182 e. The van der Waals surface area contributed by atoms with Crippen LogP contribution in [0.15, 0.2) is 18.2 Å². The first-order valence-electron chi connectivity index (χ1n) is 4.57. The zero-order valence-electron chi connectivity index (χ0n) is 7.73. The molecule has 0 fully saturated rings. The van der Waals surface area contributed by atoms with Gasteiger partial charge in [0, 0.05) is 11.3 Å². The monoisotopic (exact) mass is 212 g/mol. The van der Waals surface area contributed by atoms with Crippen molar-refractivity contribution in [2.45, 2.75) is 6.42 Å². The van der Waals surface area contributed by atoms with Crippen molar-refractivity contribution in [2.24, 2.45) is 0 Å². The van der Waals surface area contributed by atoms with Gasteiger partial charge in [0.25, 0.3) is 0 Å². The second-order valence-corrected chi connectivity index (χ2v) is 3.78. The van der Waals surface area contributed by atoms with E-state index in [0.29, 0.717) is 6.61 Å². The fraction of sp³-hybridized carbons (Fsp3) is 0.400. The highest BCUT2D eigenvalue weighted by molar-refractivity contribution is 7.95. The average Bonchev–Trinajstić information content (AvgIpc) is 2.26. The van der Waals surface area contributed by atoms with Crippen molar-refractivity contribution in [1.82, 2.24) is 0 Å². The zero-order chi connectivity index (χ0) is 9.80. The van der Waals surface area contributed by atoms with Crippen LogP contribution in [-0.2, 0) is 6.42 Å². The first-order chi connectivity index (χ1) is 6.92. The Morgan fingerprint density at radius 1 is 1.50 bits per heavy atom. The normalized spacial score (nSPS) is 14.4. The van der Waals surface area contributed by atoms with Crippen molar-refractivity contribution in [3.8, 4) is 11.5 Å². The summed E-state index contributed by atoms with van der Waals surface area (Å²) in [5.41, 5.74) is 1.18. The van der Waals surface area contributed by atoms with E-state index in [1.165, 1.54) is 17.6 Å². The number of fused-ring (bicyclic) bond motifs is 1. The highest BCUT2D eigenvalue weighted by atomic mass is 32.2. The Bertz CT molecular complexity index is 314. The van der Waals surface area contributed by atoms with Crippen LogP contribution in [0.3, 0.4) is 0 Å². The third-order valence-electron chi connectivity index (χ3n) is 2.01. The first-order valence-corrected chi connectivity index (χ1v) is 5.48. The third kappa shape index (κ3) is 1.96. The summed E-state index contributed by atoms with van der Waals surface area (Å²) in [6.45, 7) is 0.335. The average molecular weight is 212 g/mol. The maximum absolute atomic E-state index is 8.66. The molecule has 3 nitrogen and oxygen atoms in total. The van der Waals surface area contributed by atoms with Crippen LogP contribution < -0.4 is 8.92 Å².